The molecule has 3 amide bonds. The summed E-state index contributed by atoms with van der Waals surface area (Å²) < 4.78 is 23.5. The van der Waals surface area contributed by atoms with Gasteiger partial charge < -0.3 is 44.7 Å². The van der Waals surface area contributed by atoms with Crippen molar-refractivity contribution in [3.63, 3.8) is 0 Å². The van der Waals surface area contributed by atoms with Crippen LogP contribution in [0.4, 0.5) is 16.2 Å². The van der Waals surface area contributed by atoms with Gasteiger partial charge in [-0.25, -0.2) is 9.59 Å². The summed E-state index contributed by atoms with van der Waals surface area (Å²) in [7, 11) is 1.98. The Balaban J connectivity index is 1.35. The Morgan fingerprint density at radius 1 is 0.961 bits per heavy atom. The van der Waals surface area contributed by atoms with Crippen LogP contribution in [-0.4, -0.2) is 96.3 Å². The Morgan fingerprint density at radius 2 is 1.65 bits per heavy atom. The summed E-state index contributed by atoms with van der Waals surface area (Å²) in [6.07, 6.45) is 2.02. The molecule has 0 aliphatic carbocycles. The summed E-state index contributed by atoms with van der Waals surface area (Å²) in [5.41, 5.74) is 2.38. The molecule has 2 aliphatic rings. The fourth-order valence-electron chi connectivity index (χ4n) is 6.17. The van der Waals surface area contributed by atoms with Crippen molar-refractivity contribution in [2.45, 2.75) is 64.8 Å². The third-order valence-corrected chi connectivity index (χ3v) is 9.08. The number of aliphatic hydroxyl groups excluding tert-OH is 1. The fourth-order valence-corrected chi connectivity index (χ4v) is 6.17. The molecule has 2 heterocycles. The number of amides is 3. The third kappa shape index (κ3) is 10.1. The van der Waals surface area contributed by atoms with Crippen LogP contribution in [-0.2, 0) is 11.3 Å². The molecule has 13 nitrogen and oxygen atoms in total. The number of carbonyl (C=O) groups excluding carboxylic acids is 2. The fraction of sp³-hybridized carbons (Fsp3) is 0.447. The molecule has 2 aliphatic heterocycles. The van der Waals surface area contributed by atoms with Gasteiger partial charge in [0.25, 0.3) is 5.91 Å². The highest BCUT2D eigenvalue weighted by molar-refractivity contribution is 6.02. The topological polar surface area (TPSA) is 159 Å². The minimum absolute atomic E-state index is 0.122. The zero-order valence-corrected chi connectivity index (χ0v) is 29.6. The SMILES string of the molecule is C[C@@H]1CCCCO[C@@H](CN(C)Cc2ccc(C(=O)O)cc2)[C@H](C)CN([C@H](C)CO)C(=O)c2cc(NC(=O)Nc3ccc4c(c3)OCO4)ccc2O1. The number of urea groups is 1. The highest BCUT2D eigenvalue weighted by atomic mass is 16.7. The molecule has 5 rings (SSSR count). The molecule has 4 atom stereocenters. The van der Waals surface area contributed by atoms with Crippen LogP contribution in [0.1, 0.15) is 66.3 Å². The number of ether oxygens (including phenoxy) is 4. The monoisotopic (exact) mass is 704 g/mol. The van der Waals surface area contributed by atoms with Crippen LogP contribution in [0.5, 0.6) is 17.2 Å². The average Bonchev–Trinajstić information content (AvgIpc) is 3.57. The number of hydrogen-bond acceptors (Lipinski definition) is 9. The molecule has 3 aromatic carbocycles. The molecule has 0 radical (unpaired) electrons. The maximum absolute atomic E-state index is 14.4. The van der Waals surface area contributed by atoms with E-state index in [1.165, 1.54) is 0 Å². The normalized spacial score (nSPS) is 20.2. The summed E-state index contributed by atoms with van der Waals surface area (Å²) in [4.78, 5) is 42.5. The number of nitrogens with one attached hydrogen (secondary N) is 2. The Morgan fingerprint density at radius 3 is 2.35 bits per heavy atom. The predicted molar refractivity (Wildman–Crippen MR) is 192 cm³/mol. The number of rotatable bonds is 9. The largest absolute Gasteiger partial charge is 0.490 e. The molecule has 0 fully saturated rings. The second-order valence-electron chi connectivity index (χ2n) is 13.4. The zero-order chi connectivity index (χ0) is 36.5. The van der Waals surface area contributed by atoms with Crippen molar-refractivity contribution in [3.8, 4) is 17.2 Å². The first-order valence-corrected chi connectivity index (χ1v) is 17.3. The van der Waals surface area contributed by atoms with Gasteiger partial charge in [-0.05, 0) is 88.2 Å². The first-order valence-electron chi connectivity index (χ1n) is 17.3. The molecule has 51 heavy (non-hydrogen) atoms. The lowest BCUT2D eigenvalue weighted by Gasteiger charge is -2.36. The minimum atomic E-state index is -0.966. The van der Waals surface area contributed by atoms with Crippen molar-refractivity contribution in [2.24, 2.45) is 5.92 Å². The highest BCUT2D eigenvalue weighted by Crippen LogP contribution is 2.34. The van der Waals surface area contributed by atoms with Crippen molar-refractivity contribution in [1.82, 2.24) is 9.80 Å². The molecule has 4 N–H and O–H groups in total. The second kappa shape index (κ2) is 17.4. The van der Waals surface area contributed by atoms with E-state index in [4.69, 9.17) is 18.9 Å². The summed E-state index contributed by atoms with van der Waals surface area (Å²) in [6, 6.07) is 15.9. The van der Waals surface area contributed by atoms with Crippen LogP contribution in [0, 0.1) is 5.92 Å². The van der Waals surface area contributed by atoms with Crippen LogP contribution in [0.15, 0.2) is 60.7 Å². The van der Waals surface area contributed by atoms with Crippen LogP contribution in [0.3, 0.4) is 0 Å². The van der Waals surface area contributed by atoms with Gasteiger partial charge in [-0.15, -0.1) is 0 Å². The number of hydrogen-bond donors (Lipinski definition) is 4. The van der Waals surface area contributed by atoms with Gasteiger partial charge in [0.15, 0.2) is 11.5 Å². The average molecular weight is 705 g/mol. The van der Waals surface area contributed by atoms with E-state index < -0.39 is 18.0 Å². The van der Waals surface area contributed by atoms with Gasteiger partial charge in [0.1, 0.15) is 5.75 Å². The quantitative estimate of drug-likeness (QED) is 0.218. The van der Waals surface area contributed by atoms with E-state index >= 15 is 0 Å². The molecule has 0 spiro atoms. The van der Waals surface area contributed by atoms with Gasteiger partial charge in [0.2, 0.25) is 6.79 Å². The number of benzene rings is 3. The lowest BCUT2D eigenvalue weighted by Crippen LogP contribution is -2.47. The molecular weight excluding hydrogens is 656 g/mol. The van der Waals surface area contributed by atoms with E-state index in [1.807, 2.05) is 33.0 Å². The third-order valence-electron chi connectivity index (χ3n) is 9.08. The number of carbonyl (C=O) groups is 3. The smallest absolute Gasteiger partial charge is 0.335 e. The number of likely N-dealkylation sites (N-methyl/N-ethyl adjacent to an activating group) is 1. The second-order valence-corrected chi connectivity index (χ2v) is 13.4. The van der Waals surface area contributed by atoms with E-state index in [-0.39, 0.29) is 48.6 Å². The number of carboxylic acid groups (broad SMARTS) is 1. The first-order chi connectivity index (χ1) is 24.5. The van der Waals surface area contributed by atoms with Crippen LogP contribution in [0.2, 0.25) is 0 Å². The van der Waals surface area contributed by atoms with Gasteiger partial charge in [-0.2, -0.15) is 0 Å². The Hall–Kier alpha value is -4.85. The van der Waals surface area contributed by atoms with Crippen LogP contribution in [0.25, 0.3) is 0 Å². The first kappa shape index (κ1) is 37.4. The van der Waals surface area contributed by atoms with E-state index in [9.17, 15) is 24.6 Å². The standard InChI is InChI=1S/C38H48N4O9/c1-24-19-42(25(2)22-43)36(44)31-17-29(39-38(47)40-30-13-15-33-34(18-30)50-23-49-33)12-14-32(31)51-26(3)7-5-6-16-48-35(24)21-41(4)20-27-8-10-28(11-9-27)37(45)46/h8-15,17-18,24-26,35,43H,5-7,16,19-23H2,1-4H3,(H,45,46)(H2,39,40,47)/t24-,25-,26-,35+/m1/s1. The summed E-state index contributed by atoms with van der Waals surface area (Å²) in [5, 5.41) is 25.1. The maximum Gasteiger partial charge on any atom is 0.335 e. The Labute approximate surface area is 298 Å². The molecule has 3 aromatic rings. The van der Waals surface area contributed by atoms with Gasteiger partial charge in [0.05, 0.1) is 36.0 Å². The number of nitrogens with zero attached hydrogens (tertiary/aromatic N) is 2. The Bertz CT molecular complexity index is 1670. The number of anilines is 2. The molecule has 13 heteroatoms. The predicted octanol–water partition coefficient (Wildman–Crippen LogP) is 5.69. The summed E-state index contributed by atoms with van der Waals surface area (Å²) in [5.74, 6) is 0.108. The van der Waals surface area contributed by atoms with Crippen molar-refractivity contribution >= 4 is 29.3 Å². The van der Waals surface area contributed by atoms with E-state index in [0.717, 1.165) is 24.8 Å². The lowest BCUT2D eigenvalue weighted by molar-refractivity contribution is -0.0177. The van der Waals surface area contributed by atoms with Crippen molar-refractivity contribution in [2.75, 3.05) is 50.8 Å². The minimum Gasteiger partial charge on any atom is -0.490 e. The van der Waals surface area contributed by atoms with Crippen molar-refractivity contribution in [1.29, 1.82) is 0 Å². The van der Waals surface area contributed by atoms with Crippen molar-refractivity contribution < 1.29 is 43.5 Å². The summed E-state index contributed by atoms with van der Waals surface area (Å²) in [6.45, 7) is 7.66. The molecule has 0 aromatic heterocycles. The van der Waals surface area contributed by atoms with E-state index in [1.54, 1.807) is 60.4 Å². The molecule has 0 bridgehead atoms. The highest BCUT2D eigenvalue weighted by Gasteiger charge is 2.30. The van der Waals surface area contributed by atoms with Gasteiger partial charge in [-0.3, -0.25) is 9.69 Å². The molecular formula is C38H48N4O9. The van der Waals surface area contributed by atoms with E-state index in [0.29, 0.717) is 54.9 Å². The zero-order valence-electron chi connectivity index (χ0n) is 29.6. The maximum atomic E-state index is 14.4. The van der Waals surface area contributed by atoms with Crippen LogP contribution < -0.4 is 24.8 Å². The van der Waals surface area contributed by atoms with Gasteiger partial charge in [-0.1, -0.05) is 19.1 Å². The molecule has 0 unspecified atom stereocenters. The number of carboxylic acids is 1. The number of fused-ring (bicyclic) bond motifs is 2. The van der Waals surface area contributed by atoms with Gasteiger partial charge in [0, 0.05) is 49.6 Å². The number of aromatic carboxylic acids is 1. The van der Waals surface area contributed by atoms with Crippen LogP contribution >= 0.6 is 0 Å². The Kier molecular flexibility index (Phi) is 12.8. The molecule has 274 valence electrons. The van der Waals surface area contributed by atoms with Gasteiger partial charge >= 0.3 is 12.0 Å². The summed E-state index contributed by atoms with van der Waals surface area (Å²) >= 11 is 0. The molecule has 0 saturated heterocycles. The van der Waals surface area contributed by atoms with Crippen molar-refractivity contribution in [3.05, 3.63) is 77.4 Å². The number of aliphatic hydroxyl groups is 1. The van der Waals surface area contributed by atoms with E-state index in [2.05, 4.69) is 15.5 Å². The lowest BCUT2D eigenvalue weighted by atomic mass is 10.0. The molecule has 0 saturated carbocycles.